The number of rotatable bonds is 9. The quantitative estimate of drug-likeness (QED) is 0.701. The molecule has 0 saturated carbocycles. The van der Waals surface area contributed by atoms with Crippen LogP contribution in [-0.4, -0.2) is 25.9 Å². The summed E-state index contributed by atoms with van der Waals surface area (Å²) in [4.78, 5) is 0. The molecule has 0 amide bonds. The lowest BCUT2D eigenvalue weighted by molar-refractivity contribution is 0.0977. The van der Waals surface area contributed by atoms with Crippen LogP contribution in [-0.2, 0) is 11.2 Å². The molecule has 2 N–H and O–H groups in total. The lowest BCUT2D eigenvalue weighted by Gasteiger charge is -2.13. The van der Waals surface area contributed by atoms with Crippen LogP contribution in [0.25, 0.3) is 0 Å². The van der Waals surface area contributed by atoms with Crippen molar-refractivity contribution in [1.29, 1.82) is 0 Å². The summed E-state index contributed by atoms with van der Waals surface area (Å²) in [5.74, 6) is 0.431. The summed E-state index contributed by atoms with van der Waals surface area (Å²) in [6.45, 7) is 5.80. The van der Waals surface area contributed by atoms with Crippen molar-refractivity contribution in [3.8, 4) is 5.75 Å². The second kappa shape index (κ2) is 8.88. The van der Waals surface area contributed by atoms with Crippen molar-refractivity contribution >= 4 is 0 Å². The van der Waals surface area contributed by atoms with Gasteiger partial charge in [-0.3, -0.25) is 0 Å². The highest BCUT2D eigenvalue weighted by molar-refractivity contribution is 5.34. The molecule has 0 heterocycles. The van der Waals surface area contributed by atoms with Crippen LogP contribution in [0.5, 0.6) is 5.75 Å². The van der Waals surface area contributed by atoms with E-state index >= 15 is 0 Å². The molecule has 0 aliphatic heterocycles. The maximum absolute atomic E-state index is 13.2. The fourth-order valence-electron chi connectivity index (χ4n) is 1.75. The largest absolute Gasteiger partial charge is 0.491 e. The summed E-state index contributed by atoms with van der Waals surface area (Å²) < 4.78 is 24.2. The molecule has 0 aromatic heterocycles. The minimum atomic E-state index is -0.262. The van der Waals surface area contributed by atoms with Gasteiger partial charge in [0.2, 0.25) is 0 Å². The second-order valence-electron chi connectivity index (χ2n) is 4.75. The molecule has 3 nitrogen and oxygen atoms in total. The Morgan fingerprint density at radius 3 is 2.74 bits per heavy atom. The summed E-state index contributed by atoms with van der Waals surface area (Å²) in [7, 11) is 0. The molecule has 0 saturated heterocycles. The number of halogens is 1. The van der Waals surface area contributed by atoms with Gasteiger partial charge in [0, 0.05) is 12.6 Å². The highest BCUT2D eigenvalue weighted by atomic mass is 19.1. The molecule has 19 heavy (non-hydrogen) atoms. The van der Waals surface area contributed by atoms with Crippen LogP contribution in [0.2, 0.25) is 0 Å². The molecule has 0 radical (unpaired) electrons. The molecule has 1 rings (SSSR count). The van der Waals surface area contributed by atoms with Crippen molar-refractivity contribution in [1.82, 2.24) is 0 Å². The molecular weight excluding hydrogens is 245 g/mol. The van der Waals surface area contributed by atoms with Crippen molar-refractivity contribution in [2.45, 2.75) is 39.2 Å². The molecule has 108 valence electrons. The van der Waals surface area contributed by atoms with E-state index in [1.807, 2.05) is 6.92 Å². The number of benzene rings is 1. The Labute approximate surface area is 114 Å². The Kier molecular flexibility index (Phi) is 7.45. The summed E-state index contributed by atoms with van der Waals surface area (Å²) in [5, 5.41) is 0. The van der Waals surface area contributed by atoms with Gasteiger partial charge in [0.15, 0.2) is 0 Å². The zero-order chi connectivity index (χ0) is 14.1. The van der Waals surface area contributed by atoms with Crippen molar-refractivity contribution < 1.29 is 13.9 Å². The molecule has 0 bridgehead atoms. The van der Waals surface area contributed by atoms with E-state index < -0.39 is 0 Å². The summed E-state index contributed by atoms with van der Waals surface area (Å²) in [6, 6.07) is 4.51. The second-order valence-corrected chi connectivity index (χ2v) is 4.75. The Morgan fingerprint density at radius 2 is 2.05 bits per heavy atom. The fourth-order valence-corrected chi connectivity index (χ4v) is 1.75. The van der Waals surface area contributed by atoms with Gasteiger partial charge < -0.3 is 15.2 Å². The Bertz CT molecular complexity index is 369. The summed E-state index contributed by atoms with van der Waals surface area (Å²) in [5.41, 5.74) is 6.56. The van der Waals surface area contributed by atoms with Gasteiger partial charge in [-0.25, -0.2) is 4.39 Å². The van der Waals surface area contributed by atoms with Gasteiger partial charge in [0.1, 0.15) is 18.2 Å². The molecule has 1 aromatic rings. The van der Waals surface area contributed by atoms with E-state index in [1.54, 1.807) is 6.07 Å². The zero-order valence-electron chi connectivity index (χ0n) is 11.8. The molecule has 1 atom stereocenters. The van der Waals surface area contributed by atoms with E-state index in [2.05, 4.69) is 6.92 Å². The average Bonchev–Trinajstić information content (AvgIpc) is 2.35. The Balaban J connectivity index is 2.43. The van der Waals surface area contributed by atoms with Crippen LogP contribution in [0.1, 0.15) is 32.3 Å². The first kappa shape index (κ1) is 15.9. The Hall–Kier alpha value is -1.13. The maximum atomic E-state index is 13.2. The van der Waals surface area contributed by atoms with E-state index in [1.165, 1.54) is 12.1 Å². The fraction of sp³-hybridized carbons (Fsp3) is 0.600. The van der Waals surface area contributed by atoms with E-state index in [4.69, 9.17) is 15.2 Å². The minimum Gasteiger partial charge on any atom is -0.491 e. The van der Waals surface area contributed by atoms with Crippen molar-refractivity contribution in [2.75, 3.05) is 19.8 Å². The highest BCUT2D eigenvalue weighted by Gasteiger charge is 2.07. The van der Waals surface area contributed by atoms with Crippen molar-refractivity contribution in [2.24, 2.45) is 5.73 Å². The predicted octanol–water partition coefficient (Wildman–Crippen LogP) is 2.91. The standard InChI is InChI=1S/C15H24FNO2/c1-3-4-7-18-8-9-19-15-6-5-14(16)11-13(15)10-12(2)17/h5-6,11-12H,3-4,7-10,17H2,1-2H3. The molecule has 1 aromatic carbocycles. The van der Waals surface area contributed by atoms with E-state index in [0.717, 1.165) is 25.0 Å². The van der Waals surface area contributed by atoms with Crippen LogP contribution in [0.15, 0.2) is 18.2 Å². The normalized spacial score (nSPS) is 12.4. The van der Waals surface area contributed by atoms with Crippen LogP contribution >= 0.6 is 0 Å². The third-order valence-electron chi connectivity index (χ3n) is 2.69. The first-order valence-corrected chi connectivity index (χ1v) is 6.88. The van der Waals surface area contributed by atoms with Crippen LogP contribution in [0, 0.1) is 5.82 Å². The molecule has 4 heteroatoms. The summed E-state index contributed by atoms with van der Waals surface area (Å²) >= 11 is 0. The third kappa shape index (κ3) is 6.55. The van der Waals surface area contributed by atoms with E-state index in [-0.39, 0.29) is 11.9 Å². The van der Waals surface area contributed by atoms with Gasteiger partial charge in [-0.05, 0) is 43.5 Å². The minimum absolute atomic E-state index is 0.0232. The SMILES string of the molecule is CCCCOCCOc1ccc(F)cc1CC(C)N. The maximum Gasteiger partial charge on any atom is 0.123 e. The van der Waals surface area contributed by atoms with Gasteiger partial charge in [0.05, 0.1) is 6.61 Å². The molecule has 1 unspecified atom stereocenters. The van der Waals surface area contributed by atoms with Gasteiger partial charge in [-0.1, -0.05) is 13.3 Å². The Morgan fingerprint density at radius 1 is 1.26 bits per heavy atom. The van der Waals surface area contributed by atoms with Crippen LogP contribution < -0.4 is 10.5 Å². The van der Waals surface area contributed by atoms with E-state index in [9.17, 15) is 4.39 Å². The van der Waals surface area contributed by atoms with Crippen LogP contribution in [0.4, 0.5) is 4.39 Å². The number of hydrogen-bond donors (Lipinski definition) is 1. The topological polar surface area (TPSA) is 44.5 Å². The van der Waals surface area contributed by atoms with Crippen LogP contribution in [0.3, 0.4) is 0 Å². The highest BCUT2D eigenvalue weighted by Crippen LogP contribution is 2.21. The number of unbranched alkanes of at least 4 members (excludes halogenated alkanes) is 1. The number of nitrogens with two attached hydrogens (primary N) is 1. The molecule has 0 aliphatic carbocycles. The lowest BCUT2D eigenvalue weighted by atomic mass is 10.1. The molecule has 0 fully saturated rings. The first-order valence-electron chi connectivity index (χ1n) is 6.88. The number of ether oxygens (including phenoxy) is 2. The monoisotopic (exact) mass is 269 g/mol. The van der Waals surface area contributed by atoms with E-state index in [0.29, 0.717) is 25.4 Å². The molecular formula is C15H24FNO2. The third-order valence-corrected chi connectivity index (χ3v) is 2.69. The first-order chi connectivity index (χ1) is 9.13. The van der Waals surface area contributed by atoms with Gasteiger partial charge in [0.25, 0.3) is 0 Å². The smallest absolute Gasteiger partial charge is 0.123 e. The van der Waals surface area contributed by atoms with Gasteiger partial charge in [-0.15, -0.1) is 0 Å². The van der Waals surface area contributed by atoms with Gasteiger partial charge in [-0.2, -0.15) is 0 Å². The number of hydrogen-bond acceptors (Lipinski definition) is 3. The van der Waals surface area contributed by atoms with Crippen molar-refractivity contribution in [3.63, 3.8) is 0 Å². The predicted molar refractivity (Wildman–Crippen MR) is 75.0 cm³/mol. The zero-order valence-corrected chi connectivity index (χ0v) is 11.8. The lowest BCUT2D eigenvalue weighted by Crippen LogP contribution is -2.19. The average molecular weight is 269 g/mol. The van der Waals surface area contributed by atoms with Gasteiger partial charge >= 0.3 is 0 Å². The molecule has 0 spiro atoms. The summed E-state index contributed by atoms with van der Waals surface area (Å²) in [6.07, 6.45) is 2.79. The van der Waals surface area contributed by atoms with Crippen molar-refractivity contribution in [3.05, 3.63) is 29.6 Å². The molecule has 0 aliphatic rings.